The molecule has 0 radical (unpaired) electrons. The highest BCUT2D eigenvalue weighted by molar-refractivity contribution is 5.81. The van der Waals surface area contributed by atoms with Crippen LogP contribution in [0.4, 0.5) is 0 Å². The Labute approximate surface area is 132 Å². The van der Waals surface area contributed by atoms with Crippen LogP contribution in [0.25, 0.3) is 0 Å². The third-order valence-electron chi connectivity index (χ3n) is 3.42. The van der Waals surface area contributed by atoms with E-state index in [1.165, 1.54) is 0 Å². The highest BCUT2D eigenvalue weighted by atomic mass is 16.5. The standard InChI is InChI=1S/C16H29NO5/c1-5-7-13(9-21-15(19)6-2)14(12(4)18)10-22-16(20)8-11(3)17/h6,11-14,18H,2,5,7-10,17H2,1,3-4H3. The second-order valence-corrected chi connectivity index (χ2v) is 5.65. The number of ether oxygens (including phenoxy) is 2. The van der Waals surface area contributed by atoms with Gasteiger partial charge in [-0.15, -0.1) is 0 Å². The summed E-state index contributed by atoms with van der Waals surface area (Å²) < 4.78 is 10.3. The zero-order valence-electron chi connectivity index (χ0n) is 13.8. The van der Waals surface area contributed by atoms with E-state index in [2.05, 4.69) is 6.58 Å². The van der Waals surface area contributed by atoms with Crippen LogP contribution in [0, 0.1) is 11.8 Å². The lowest BCUT2D eigenvalue weighted by Crippen LogP contribution is -2.34. The predicted molar refractivity (Wildman–Crippen MR) is 84.0 cm³/mol. The van der Waals surface area contributed by atoms with Gasteiger partial charge in [-0.25, -0.2) is 4.79 Å². The lowest BCUT2D eigenvalue weighted by atomic mass is 9.86. The van der Waals surface area contributed by atoms with E-state index in [4.69, 9.17) is 15.2 Å². The molecule has 0 fully saturated rings. The third kappa shape index (κ3) is 8.79. The van der Waals surface area contributed by atoms with Crippen molar-refractivity contribution in [1.82, 2.24) is 0 Å². The van der Waals surface area contributed by atoms with Crippen molar-refractivity contribution in [2.45, 2.75) is 52.2 Å². The van der Waals surface area contributed by atoms with Crippen molar-refractivity contribution in [3.05, 3.63) is 12.7 Å². The van der Waals surface area contributed by atoms with Crippen LogP contribution in [0.1, 0.15) is 40.0 Å². The van der Waals surface area contributed by atoms with Gasteiger partial charge in [0.05, 0.1) is 25.7 Å². The number of hydrogen-bond acceptors (Lipinski definition) is 6. The number of aliphatic hydroxyl groups excluding tert-OH is 1. The zero-order valence-corrected chi connectivity index (χ0v) is 13.8. The number of nitrogens with two attached hydrogens (primary N) is 1. The Morgan fingerprint density at radius 3 is 2.36 bits per heavy atom. The van der Waals surface area contributed by atoms with Crippen molar-refractivity contribution in [2.24, 2.45) is 17.6 Å². The highest BCUT2D eigenvalue weighted by Crippen LogP contribution is 2.23. The maximum atomic E-state index is 11.6. The summed E-state index contributed by atoms with van der Waals surface area (Å²) >= 11 is 0. The minimum Gasteiger partial charge on any atom is -0.465 e. The van der Waals surface area contributed by atoms with Crippen LogP contribution in [0.5, 0.6) is 0 Å². The topological polar surface area (TPSA) is 98.9 Å². The summed E-state index contributed by atoms with van der Waals surface area (Å²) in [5.41, 5.74) is 5.55. The number of carbonyl (C=O) groups is 2. The summed E-state index contributed by atoms with van der Waals surface area (Å²) in [5, 5.41) is 9.95. The van der Waals surface area contributed by atoms with Crippen molar-refractivity contribution in [3.8, 4) is 0 Å². The average Bonchev–Trinajstić information content (AvgIpc) is 2.43. The quantitative estimate of drug-likeness (QED) is 0.442. The first-order valence-corrected chi connectivity index (χ1v) is 7.70. The van der Waals surface area contributed by atoms with Crippen LogP contribution in [-0.2, 0) is 19.1 Å². The molecule has 128 valence electrons. The Balaban J connectivity index is 4.65. The van der Waals surface area contributed by atoms with E-state index in [0.717, 1.165) is 18.9 Å². The summed E-state index contributed by atoms with van der Waals surface area (Å²) in [6, 6.07) is -0.266. The van der Waals surface area contributed by atoms with Crippen LogP contribution < -0.4 is 5.73 Å². The normalized spacial score (nSPS) is 16.2. The fraction of sp³-hybridized carbons (Fsp3) is 0.750. The van der Waals surface area contributed by atoms with Gasteiger partial charge >= 0.3 is 11.9 Å². The molecule has 0 aliphatic rings. The molecule has 0 aromatic carbocycles. The summed E-state index contributed by atoms with van der Waals surface area (Å²) in [6.07, 6.45) is 2.18. The molecule has 0 saturated heterocycles. The van der Waals surface area contributed by atoms with E-state index in [-0.39, 0.29) is 43.5 Å². The first-order chi connectivity index (χ1) is 10.3. The Kier molecular flexibility index (Phi) is 10.5. The summed E-state index contributed by atoms with van der Waals surface area (Å²) in [6.45, 7) is 8.96. The molecule has 0 amide bonds. The maximum Gasteiger partial charge on any atom is 0.330 e. The molecule has 22 heavy (non-hydrogen) atoms. The highest BCUT2D eigenvalue weighted by Gasteiger charge is 2.28. The van der Waals surface area contributed by atoms with Crippen LogP contribution in [0.2, 0.25) is 0 Å². The molecule has 4 unspecified atom stereocenters. The molecule has 0 aliphatic heterocycles. The van der Waals surface area contributed by atoms with Gasteiger partial charge in [-0.05, 0) is 20.3 Å². The van der Waals surface area contributed by atoms with E-state index >= 15 is 0 Å². The molecule has 0 saturated carbocycles. The van der Waals surface area contributed by atoms with Crippen molar-refractivity contribution in [3.63, 3.8) is 0 Å². The molecule has 0 aromatic rings. The van der Waals surface area contributed by atoms with E-state index in [1.807, 2.05) is 6.92 Å². The maximum absolute atomic E-state index is 11.6. The molecule has 0 bridgehead atoms. The molecule has 0 rings (SSSR count). The lowest BCUT2D eigenvalue weighted by Gasteiger charge is -2.28. The van der Waals surface area contributed by atoms with Gasteiger partial charge in [0.2, 0.25) is 0 Å². The number of esters is 2. The van der Waals surface area contributed by atoms with Gasteiger partial charge < -0.3 is 20.3 Å². The minimum atomic E-state index is -0.679. The summed E-state index contributed by atoms with van der Waals surface area (Å²) in [7, 11) is 0. The first kappa shape index (κ1) is 20.6. The smallest absolute Gasteiger partial charge is 0.330 e. The Morgan fingerprint density at radius 2 is 1.91 bits per heavy atom. The summed E-state index contributed by atoms with van der Waals surface area (Å²) in [4.78, 5) is 22.8. The molecule has 0 heterocycles. The molecule has 3 N–H and O–H groups in total. The molecule has 0 aromatic heterocycles. The molecule has 0 aliphatic carbocycles. The van der Waals surface area contributed by atoms with Crippen LogP contribution in [0.3, 0.4) is 0 Å². The first-order valence-electron chi connectivity index (χ1n) is 7.70. The van der Waals surface area contributed by atoms with Gasteiger partial charge in [0.25, 0.3) is 0 Å². The van der Waals surface area contributed by atoms with Gasteiger partial charge in [0.15, 0.2) is 0 Å². The second-order valence-electron chi connectivity index (χ2n) is 5.65. The molecule has 4 atom stereocenters. The largest absolute Gasteiger partial charge is 0.465 e. The van der Waals surface area contributed by atoms with Crippen molar-refractivity contribution >= 4 is 11.9 Å². The lowest BCUT2D eigenvalue weighted by molar-refractivity contribution is -0.150. The van der Waals surface area contributed by atoms with Gasteiger partial charge in [0.1, 0.15) is 0 Å². The summed E-state index contributed by atoms with van der Waals surface area (Å²) in [5.74, 6) is -1.27. The Bertz CT molecular complexity index is 354. The van der Waals surface area contributed by atoms with Gasteiger partial charge in [-0.2, -0.15) is 0 Å². The van der Waals surface area contributed by atoms with Crippen LogP contribution >= 0.6 is 0 Å². The third-order valence-corrected chi connectivity index (χ3v) is 3.42. The van der Waals surface area contributed by atoms with E-state index in [1.54, 1.807) is 13.8 Å². The second kappa shape index (κ2) is 11.2. The fourth-order valence-electron chi connectivity index (χ4n) is 2.22. The van der Waals surface area contributed by atoms with Crippen molar-refractivity contribution in [1.29, 1.82) is 0 Å². The fourth-order valence-corrected chi connectivity index (χ4v) is 2.22. The number of hydrogen-bond donors (Lipinski definition) is 2. The molecule has 0 spiro atoms. The van der Waals surface area contributed by atoms with Crippen molar-refractivity contribution < 1.29 is 24.2 Å². The number of aliphatic hydroxyl groups is 1. The van der Waals surface area contributed by atoms with E-state index < -0.39 is 12.1 Å². The van der Waals surface area contributed by atoms with E-state index in [9.17, 15) is 14.7 Å². The van der Waals surface area contributed by atoms with E-state index in [0.29, 0.717) is 0 Å². The van der Waals surface area contributed by atoms with Crippen LogP contribution in [0.15, 0.2) is 12.7 Å². The van der Waals surface area contributed by atoms with Crippen LogP contribution in [-0.4, -0.2) is 42.4 Å². The Hall–Kier alpha value is -1.40. The number of carbonyl (C=O) groups excluding carboxylic acids is 2. The monoisotopic (exact) mass is 315 g/mol. The molecular formula is C16H29NO5. The van der Waals surface area contributed by atoms with Gasteiger partial charge in [0, 0.05) is 24.0 Å². The van der Waals surface area contributed by atoms with Gasteiger partial charge in [-0.1, -0.05) is 19.9 Å². The SMILES string of the molecule is C=CC(=O)OCC(CCC)C(COC(=O)CC(C)N)C(C)O. The molecule has 6 heteroatoms. The predicted octanol–water partition coefficient (Wildman–Crippen LogP) is 1.41. The Morgan fingerprint density at radius 1 is 1.27 bits per heavy atom. The van der Waals surface area contributed by atoms with Crippen molar-refractivity contribution in [2.75, 3.05) is 13.2 Å². The minimum absolute atomic E-state index is 0.0829. The number of rotatable bonds is 11. The zero-order chi connectivity index (χ0) is 17.1. The molecular weight excluding hydrogens is 286 g/mol. The average molecular weight is 315 g/mol. The molecule has 6 nitrogen and oxygen atoms in total. The van der Waals surface area contributed by atoms with Gasteiger partial charge in [-0.3, -0.25) is 4.79 Å².